The van der Waals surface area contributed by atoms with Gasteiger partial charge in [0.05, 0.1) is 6.61 Å². The van der Waals surface area contributed by atoms with Crippen LogP contribution in [0.15, 0.2) is 18.2 Å². The summed E-state index contributed by atoms with van der Waals surface area (Å²) in [4.78, 5) is 4.42. The second kappa shape index (κ2) is 5.47. The van der Waals surface area contributed by atoms with Gasteiger partial charge in [0, 0.05) is 30.4 Å². The number of hydrogen-bond acceptors (Lipinski definition) is 3. The molecule has 0 aromatic heterocycles. The first kappa shape index (κ1) is 14.3. The van der Waals surface area contributed by atoms with E-state index in [0.29, 0.717) is 5.56 Å². The lowest BCUT2D eigenvalue weighted by molar-refractivity contribution is 0.0682. The number of nitrogens with zero attached hydrogens (tertiary/aromatic N) is 2. The molecular formula is C15H23FN2O. The molecule has 0 atom stereocenters. The lowest BCUT2D eigenvalue weighted by Crippen LogP contribution is -2.56. The molecule has 19 heavy (non-hydrogen) atoms. The summed E-state index contributed by atoms with van der Waals surface area (Å²) in [5.41, 5.74) is 1.78. The molecule has 1 fully saturated rings. The maximum atomic E-state index is 13.2. The molecule has 1 aromatic carbocycles. The van der Waals surface area contributed by atoms with Gasteiger partial charge in [-0.1, -0.05) is 0 Å². The predicted octanol–water partition coefficient (Wildman–Crippen LogP) is 2.24. The Kier molecular flexibility index (Phi) is 4.11. The van der Waals surface area contributed by atoms with E-state index in [1.165, 1.54) is 31.4 Å². The molecule has 0 amide bonds. The van der Waals surface area contributed by atoms with Gasteiger partial charge in [-0.25, -0.2) is 4.39 Å². The summed E-state index contributed by atoms with van der Waals surface area (Å²) in [7, 11) is 6.24. The van der Waals surface area contributed by atoms with Gasteiger partial charge in [-0.3, -0.25) is 0 Å². The molecule has 0 heterocycles. The molecule has 0 unspecified atom stereocenters. The van der Waals surface area contributed by atoms with Crippen LogP contribution < -0.4 is 4.90 Å². The lowest BCUT2D eigenvalue weighted by atomic mass is 9.75. The topological polar surface area (TPSA) is 26.7 Å². The zero-order chi connectivity index (χ0) is 14.0. The van der Waals surface area contributed by atoms with E-state index in [9.17, 15) is 9.50 Å². The van der Waals surface area contributed by atoms with Gasteiger partial charge in [-0.05, 0) is 51.6 Å². The highest BCUT2D eigenvalue weighted by atomic mass is 19.1. The molecule has 0 radical (unpaired) electrons. The van der Waals surface area contributed by atoms with Crippen LogP contribution in [-0.4, -0.2) is 43.2 Å². The van der Waals surface area contributed by atoms with Crippen LogP contribution in [-0.2, 0) is 6.61 Å². The van der Waals surface area contributed by atoms with Crippen LogP contribution in [0.25, 0.3) is 0 Å². The molecule has 1 saturated carbocycles. The van der Waals surface area contributed by atoms with E-state index in [4.69, 9.17) is 0 Å². The Balaban J connectivity index is 2.18. The van der Waals surface area contributed by atoms with Gasteiger partial charge in [0.15, 0.2) is 0 Å². The van der Waals surface area contributed by atoms with Crippen molar-refractivity contribution in [1.29, 1.82) is 0 Å². The fourth-order valence-corrected chi connectivity index (χ4v) is 2.91. The summed E-state index contributed by atoms with van der Waals surface area (Å²) in [6.45, 7) is 0.769. The van der Waals surface area contributed by atoms with Crippen LogP contribution in [0.3, 0.4) is 0 Å². The minimum absolute atomic E-state index is 0.133. The molecule has 0 saturated heterocycles. The first-order valence-corrected chi connectivity index (χ1v) is 6.76. The molecule has 2 rings (SSSR count). The number of aliphatic hydroxyl groups excluding tert-OH is 1. The quantitative estimate of drug-likeness (QED) is 0.885. The number of likely N-dealkylation sites (N-methyl/N-ethyl adjacent to an activating group) is 2. The highest BCUT2D eigenvalue weighted by Crippen LogP contribution is 2.37. The molecule has 4 heteroatoms. The van der Waals surface area contributed by atoms with Crippen LogP contribution >= 0.6 is 0 Å². The third-order valence-corrected chi connectivity index (χ3v) is 4.39. The zero-order valence-electron chi connectivity index (χ0n) is 12.0. The maximum Gasteiger partial charge on any atom is 0.123 e. The van der Waals surface area contributed by atoms with Crippen LogP contribution in [0.4, 0.5) is 10.1 Å². The minimum atomic E-state index is -0.299. The van der Waals surface area contributed by atoms with E-state index in [1.807, 2.05) is 7.05 Å². The van der Waals surface area contributed by atoms with Gasteiger partial charge in [0.25, 0.3) is 0 Å². The van der Waals surface area contributed by atoms with Crippen molar-refractivity contribution in [3.8, 4) is 0 Å². The molecule has 0 aliphatic heterocycles. The SMILES string of the molecule is CN(CC1(N(C)C)CCC1)c1ccc(F)cc1CO. The largest absolute Gasteiger partial charge is 0.392 e. The smallest absolute Gasteiger partial charge is 0.123 e. The van der Waals surface area contributed by atoms with Gasteiger partial charge in [-0.15, -0.1) is 0 Å². The summed E-state index contributed by atoms with van der Waals surface area (Å²) < 4.78 is 13.2. The fraction of sp³-hybridized carbons (Fsp3) is 0.600. The first-order chi connectivity index (χ1) is 8.98. The highest BCUT2D eigenvalue weighted by molar-refractivity contribution is 5.53. The second-order valence-corrected chi connectivity index (χ2v) is 5.76. The van der Waals surface area contributed by atoms with Crippen molar-refractivity contribution in [2.24, 2.45) is 0 Å². The van der Waals surface area contributed by atoms with Gasteiger partial charge < -0.3 is 14.9 Å². The highest BCUT2D eigenvalue weighted by Gasteiger charge is 2.40. The van der Waals surface area contributed by atoms with Crippen molar-refractivity contribution in [3.05, 3.63) is 29.6 Å². The molecular weight excluding hydrogens is 243 g/mol. The van der Waals surface area contributed by atoms with Gasteiger partial charge in [0.1, 0.15) is 5.82 Å². The number of halogens is 1. The van der Waals surface area contributed by atoms with Gasteiger partial charge in [0.2, 0.25) is 0 Å². The Morgan fingerprint density at radius 1 is 1.26 bits per heavy atom. The second-order valence-electron chi connectivity index (χ2n) is 5.76. The zero-order valence-corrected chi connectivity index (χ0v) is 12.0. The summed E-state index contributed by atoms with van der Waals surface area (Å²) in [5, 5.41) is 9.37. The van der Waals surface area contributed by atoms with E-state index in [2.05, 4.69) is 23.9 Å². The summed E-state index contributed by atoms with van der Waals surface area (Å²) in [6, 6.07) is 4.62. The molecule has 0 bridgehead atoms. The number of rotatable bonds is 5. The summed E-state index contributed by atoms with van der Waals surface area (Å²) >= 11 is 0. The van der Waals surface area contributed by atoms with Crippen LogP contribution in [0.2, 0.25) is 0 Å². The van der Waals surface area contributed by atoms with Crippen LogP contribution in [0, 0.1) is 5.82 Å². The van der Waals surface area contributed by atoms with Crippen molar-refractivity contribution in [3.63, 3.8) is 0 Å². The Morgan fingerprint density at radius 3 is 2.42 bits per heavy atom. The molecule has 1 aromatic rings. The molecule has 1 aliphatic carbocycles. The standard InChI is InChI=1S/C15H23FN2O/c1-17(2)15(7-4-8-15)11-18(3)14-6-5-13(16)9-12(14)10-19/h5-6,9,19H,4,7-8,10-11H2,1-3H3. The fourth-order valence-electron chi connectivity index (χ4n) is 2.91. The van der Waals surface area contributed by atoms with E-state index in [-0.39, 0.29) is 18.0 Å². The molecule has 1 aliphatic rings. The van der Waals surface area contributed by atoms with E-state index in [0.717, 1.165) is 12.2 Å². The predicted molar refractivity (Wildman–Crippen MR) is 75.9 cm³/mol. The van der Waals surface area contributed by atoms with Crippen molar-refractivity contribution >= 4 is 5.69 Å². The van der Waals surface area contributed by atoms with E-state index >= 15 is 0 Å². The average molecular weight is 266 g/mol. The van der Waals surface area contributed by atoms with E-state index < -0.39 is 0 Å². The maximum absolute atomic E-state index is 13.2. The van der Waals surface area contributed by atoms with E-state index in [1.54, 1.807) is 6.07 Å². The van der Waals surface area contributed by atoms with Crippen LogP contribution in [0.1, 0.15) is 24.8 Å². The number of anilines is 1. The molecule has 106 valence electrons. The Hall–Kier alpha value is -1.13. The Morgan fingerprint density at radius 2 is 1.95 bits per heavy atom. The van der Waals surface area contributed by atoms with Crippen LogP contribution in [0.5, 0.6) is 0 Å². The van der Waals surface area contributed by atoms with Crippen molar-refractivity contribution in [2.45, 2.75) is 31.4 Å². The molecule has 0 spiro atoms. The molecule has 3 nitrogen and oxygen atoms in total. The Bertz CT molecular complexity index is 444. The molecule has 1 N–H and O–H groups in total. The first-order valence-electron chi connectivity index (χ1n) is 6.76. The van der Waals surface area contributed by atoms with Crippen molar-refractivity contribution in [2.75, 3.05) is 32.6 Å². The lowest BCUT2D eigenvalue weighted by Gasteiger charge is -2.49. The number of hydrogen-bond donors (Lipinski definition) is 1. The third kappa shape index (κ3) is 2.74. The third-order valence-electron chi connectivity index (χ3n) is 4.39. The van der Waals surface area contributed by atoms with Crippen molar-refractivity contribution in [1.82, 2.24) is 4.90 Å². The monoisotopic (exact) mass is 266 g/mol. The summed E-state index contributed by atoms with van der Waals surface area (Å²) in [5.74, 6) is -0.299. The Labute approximate surface area is 114 Å². The van der Waals surface area contributed by atoms with Crippen molar-refractivity contribution < 1.29 is 9.50 Å². The van der Waals surface area contributed by atoms with Gasteiger partial charge >= 0.3 is 0 Å². The number of benzene rings is 1. The normalized spacial score (nSPS) is 17.4. The minimum Gasteiger partial charge on any atom is -0.392 e. The number of aliphatic hydroxyl groups is 1. The average Bonchev–Trinajstić information content (AvgIpc) is 2.32. The summed E-state index contributed by atoms with van der Waals surface area (Å²) in [6.07, 6.45) is 3.66. The van der Waals surface area contributed by atoms with Gasteiger partial charge in [-0.2, -0.15) is 0 Å².